The van der Waals surface area contributed by atoms with Crippen LogP contribution in [0.1, 0.15) is 50.7 Å². The van der Waals surface area contributed by atoms with Crippen LogP contribution in [0.25, 0.3) is 0 Å². The second-order valence-corrected chi connectivity index (χ2v) is 6.42. The summed E-state index contributed by atoms with van der Waals surface area (Å²) >= 11 is 1.77. The highest BCUT2D eigenvalue weighted by atomic mass is 32.2. The van der Waals surface area contributed by atoms with Crippen molar-refractivity contribution < 1.29 is 10.2 Å². The maximum absolute atomic E-state index is 10.1. The van der Waals surface area contributed by atoms with Crippen molar-refractivity contribution in [3.05, 3.63) is 29.8 Å². The van der Waals surface area contributed by atoms with Gasteiger partial charge in [-0.05, 0) is 37.5 Å². The first-order valence-electron chi connectivity index (χ1n) is 6.79. The summed E-state index contributed by atoms with van der Waals surface area (Å²) in [6.07, 6.45) is 5.07. The average Bonchev–Trinajstić information content (AvgIpc) is 2.56. The molecule has 0 heterocycles. The van der Waals surface area contributed by atoms with Crippen LogP contribution in [-0.2, 0) is 0 Å². The van der Waals surface area contributed by atoms with Crippen molar-refractivity contribution in [3.63, 3.8) is 0 Å². The first-order valence-corrected chi connectivity index (χ1v) is 7.67. The van der Waals surface area contributed by atoms with Crippen LogP contribution in [0, 0.1) is 0 Å². The van der Waals surface area contributed by atoms with Crippen molar-refractivity contribution in [1.29, 1.82) is 0 Å². The number of hydrogen-bond acceptors (Lipinski definition) is 3. The lowest BCUT2D eigenvalue weighted by molar-refractivity contribution is 0.163. The molecule has 0 radical (unpaired) electrons. The van der Waals surface area contributed by atoms with E-state index in [1.54, 1.807) is 18.7 Å². The van der Waals surface area contributed by atoms with E-state index >= 15 is 0 Å². The van der Waals surface area contributed by atoms with E-state index in [4.69, 9.17) is 0 Å². The van der Waals surface area contributed by atoms with E-state index in [1.165, 1.54) is 17.7 Å². The van der Waals surface area contributed by atoms with Crippen LogP contribution >= 0.6 is 11.8 Å². The van der Waals surface area contributed by atoms with Gasteiger partial charge in [0, 0.05) is 10.1 Å². The van der Waals surface area contributed by atoms with Crippen LogP contribution in [0.4, 0.5) is 0 Å². The molecule has 3 atom stereocenters. The van der Waals surface area contributed by atoms with E-state index in [2.05, 4.69) is 0 Å². The number of aliphatic hydroxyl groups is 2. The number of hydrogen-bond donors (Lipinski definition) is 2. The normalized spacial score (nSPS) is 26.6. The lowest BCUT2D eigenvalue weighted by Crippen LogP contribution is -2.21. The minimum atomic E-state index is -0.410. The number of rotatable bonds is 3. The summed E-state index contributed by atoms with van der Waals surface area (Å²) in [6.45, 7) is 1.78. The third kappa shape index (κ3) is 3.74. The maximum Gasteiger partial charge on any atom is 0.0761 e. The van der Waals surface area contributed by atoms with E-state index in [1.807, 2.05) is 24.3 Å². The highest BCUT2D eigenvalue weighted by Crippen LogP contribution is 2.33. The van der Waals surface area contributed by atoms with Gasteiger partial charge in [0.25, 0.3) is 0 Å². The predicted molar refractivity (Wildman–Crippen MR) is 75.8 cm³/mol. The molecule has 1 saturated carbocycles. The van der Waals surface area contributed by atoms with Crippen LogP contribution in [0.15, 0.2) is 29.2 Å². The number of benzene rings is 1. The summed E-state index contributed by atoms with van der Waals surface area (Å²) in [7, 11) is 0. The topological polar surface area (TPSA) is 40.5 Å². The van der Waals surface area contributed by atoms with Gasteiger partial charge in [-0.1, -0.05) is 31.4 Å². The van der Waals surface area contributed by atoms with Gasteiger partial charge in [0.05, 0.1) is 12.2 Å². The fourth-order valence-corrected chi connectivity index (χ4v) is 3.61. The first-order chi connectivity index (χ1) is 8.66. The molecule has 0 aliphatic heterocycles. The summed E-state index contributed by atoms with van der Waals surface area (Å²) in [5.41, 5.74) is 0.945. The van der Waals surface area contributed by atoms with E-state index < -0.39 is 6.10 Å². The quantitative estimate of drug-likeness (QED) is 0.822. The molecule has 3 unspecified atom stereocenters. The standard InChI is InChI=1S/C15H22O2S/c1-11(16)12-7-9-13(10-8-12)18-15-6-4-2-3-5-14(15)17/h7-11,14-17H,2-6H2,1H3. The molecule has 1 aliphatic rings. The molecule has 1 fully saturated rings. The van der Waals surface area contributed by atoms with Gasteiger partial charge in [0.1, 0.15) is 0 Å². The van der Waals surface area contributed by atoms with Gasteiger partial charge in [-0.2, -0.15) is 0 Å². The Morgan fingerprint density at radius 3 is 2.44 bits per heavy atom. The smallest absolute Gasteiger partial charge is 0.0761 e. The Labute approximate surface area is 113 Å². The molecule has 2 N–H and O–H groups in total. The van der Waals surface area contributed by atoms with Crippen LogP contribution in [-0.4, -0.2) is 21.6 Å². The first kappa shape index (κ1) is 13.9. The minimum Gasteiger partial charge on any atom is -0.392 e. The fourth-order valence-electron chi connectivity index (χ4n) is 2.39. The Morgan fingerprint density at radius 2 is 1.78 bits per heavy atom. The molecular weight excluding hydrogens is 244 g/mol. The summed E-state index contributed by atoms with van der Waals surface area (Å²) in [5.74, 6) is 0. The summed E-state index contributed by atoms with van der Waals surface area (Å²) < 4.78 is 0. The Morgan fingerprint density at radius 1 is 1.11 bits per heavy atom. The van der Waals surface area contributed by atoms with E-state index in [-0.39, 0.29) is 6.10 Å². The summed E-state index contributed by atoms with van der Waals surface area (Å²) in [6, 6.07) is 8.03. The van der Waals surface area contributed by atoms with Crippen LogP contribution in [0.5, 0.6) is 0 Å². The molecule has 2 nitrogen and oxygen atoms in total. The second-order valence-electron chi connectivity index (χ2n) is 5.11. The SMILES string of the molecule is CC(O)c1ccc(SC2CCCCCC2O)cc1. The summed E-state index contributed by atoms with van der Waals surface area (Å²) in [4.78, 5) is 1.19. The highest BCUT2D eigenvalue weighted by Gasteiger charge is 2.22. The average molecular weight is 266 g/mol. The molecule has 100 valence electrons. The monoisotopic (exact) mass is 266 g/mol. The maximum atomic E-state index is 10.1. The molecule has 1 aromatic rings. The van der Waals surface area contributed by atoms with Crippen molar-refractivity contribution in [2.45, 2.75) is 61.4 Å². The van der Waals surface area contributed by atoms with Gasteiger partial charge in [-0.25, -0.2) is 0 Å². The van der Waals surface area contributed by atoms with Crippen molar-refractivity contribution in [1.82, 2.24) is 0 Å². The molecule has 0 spiro atoms. The lowest BCUT2D eigenvalue weighted by atomic mass is 10.1. The Bertz CT molecular complexity index is 361. The van der Waals surface area contributed by atoms with E-state index in [9.17, 15) is 10.2 Å². The van der Waals surface area contributed by atoms with Crippen LogP contribution in [0.3, 0.4) is 0 Å². The third-order valence-electron chi connectivity index (χ3n) is 3.57. The number of aliphatic hydroxyl groups excluding tert-OH is 2. The zero-order chi connectivity index (χ0) is 13.0. The van der Waals surface area contributed by atoms with Gasteiger partial charge in [-0.3, -0.25) is 0 Å². The Hall–Kier alpha value is -0.510. The number of thioether (sulfide) groups is 1. The Kier molecular flexibility index (Phi) is 5.10. The fraction of sp³-hybridized carbons (Fsp3) is 0.600. The van der Waals surface area contributed by atoms with Crippen molar-refractivity contribution in [2.24, 2.45) is 0 Å². The molecule has 3 heteroatoms. The zero-order valence-corrected chi connectivity index (χ0v) is 11.7. The zero-order valence-electron chi connectivity index (χ0n) is 10.9. The van der Waals surface area contributed by atoms with Gasteiger partial charge in [-0.15, -0.1) is 11.8 Å². The molecule has 18 heavy (non-hydrogen) atoms. The molecule has 0 saturated heterocycles. The molecule has 0 aromatic heterocycles. The van der Waals surface area contributed by atoms with Crippen molar-refractivity contribution >= 4 is 11.8 Å². The van der Waals surface area contributed by atoms with Gasteiger partial charge in [0.2, 0.25) is 0 Å². The third-order valence-corrected chi connectivity index (χ3v) is 4.96. The van der Waals surface area contributed by atoms with E-state index in [0.29, 0.717) is 5.25 Å². The summed E-state index contributed by atoms with van der Waals surface area (Å²) in [5, 5.41) is 19.9. The van der Waals surface area contributed by atoms with Gasteiger partial charge < -0.3 is 10.2 Å². The van der Waals surface area contributed by atoms with Gasteiger partial charge >= 0.3 is 0 Å². The lowest BCUT2D eigenvalue weighted by Gasteiger charge is -2.19. The molecule has 2 rings (SSSR count). The molecular formula is C15H22O2S. The van der Waals surface area contributed by atoms with Crippen LogP contribution in [0.2, 0.25) is 0 Å². The Balaban J connectivity index is 1.99. The minimum absolute atomic E-state index is 0.172. The molecule has 0 amide bonds. The second kappa shape index (κ2) is 6.60. The predicted octanol–water partition coefficient (Wildman–Crippen LogP) is 3.53. The molecule has 1 aliphatic carbocycles. The van der Waals surface area contributed by atoms with Gasteiger partial charge in [0.15, 0.2) is 0 Å². The highest BCUT2D eigenvalue weighted by molar-refractivity contribution is 8.00. The van der Waals surface area contributed by atoms with E-state index in [0.717, 1.165) is 24.8 Å². The molecule has 1 aromatic carbocycles. The molecule has 0 bridgehead atoms. The largest absolute Gasteiger partial charge is 0.392 e. The van der Waals surface area contributed by atoms with Crippen LogP contribution < -0.4 is 0 Å². The van der Waals surface area contributed by atoms with Crippen molar-refractivity contribution in [3.8, 4) is 0 Å². The van der Waals surface area contributed by atoms with Crippen molar-refractivity contribution in [2.75, 3.05) is 0 Å².